The standard InChI is InChI=1S/C2H8O4Si2/c1-3-2-5-8-6-7-4-1/h1-2,7-8H2. The molecule has 1 aliphatic rings. The molecule has 1 heterocycles. The van der Waals surface area contributed by atoms with E-state index in [1.54, 1.807) is 0 Å². The van der Waals surface area contributed by atoms with Gasteiger partial charge >= 0.3 is 0 Å². The molecule has 6 heteroatoms. The van der Waals surface area contributed by atoms with Gasteiger partial charge in [0.2, 0.25) is 0 Å². The van der Waals surface area contributed by atoms with Crippen LogP contribution in [0.4, 0.5) is 0 Å². The Balaban J connectivity index is 2.00. The lowest BCUT2D eigenvalue weighted by Gasteiger charge is -2.10. The van der Waals surface area contributed by atoms with Crippen LogP contribution in [0.1, 0.15) is 0 Å². The molecule has 1 rings (SSSR count). The molecule has 48 valence electrons. The summed E-state index contributed by atoms with van der Waals surface area (Å²) in [6.07, 6.45) is 0. The van der Waals surface area contributed by atoms with E-state index in [2.05, 4.69) is 0 Å². The summed E-state index contributed by atoms with van der Waals surface area (Å²) in [5, 5.41) is 0. The van der Waals surface area contributed by atoms with Crippen LogP contribution in [0.15, 0.2) is 0 Å². The van der Waals surface area contributed by atoms with Gasteiger partial charge in [-0.1, -0.05) is 0 Å². The fraction of sp³-hybridized carbons (Fsp3) is 1.00. The van der Waals surface area contributed by atoms with Crippen molar-refractivity contribution in [1.29, 1.82) is 0 Å². The van der Waals surface area contributed by atoms with Gasteiger partial charge in [0.25, 0.3) is 20.0 Å². The van der Waals surface area contributed by atoms with Crippen LogP contribution < -0.4 is 0 Å². The average molecular weight is 152 g/mol. The van der Waals surface area contributed by atoms with Gasteiger partial charge in [0.15, 0.2) is 0 Å². The van der Waals surface area contributed by atoms with E-state index < -0.39 is 20.0 Å². The number of rotatable bonds is 0. The summed E-state index contributed by atoms with van der Waals surface area (Å²) in [4.78, 5) is 0. The molecule has 0 radical (unpaired) electrons. The summed E-state index contributed by atoms with van der Waals surface area (Å²) in [6, 6.07) is 0. The van der Waals surface area contributed by atoms with Gasteiger partial charge in [-0.2, -0.15) is 0 Å². The second-order valence-corrected chi connectivity index (χ2v) is 4.21. The highest BCUT2D eigenvalue weighted by Crippen LogP contribution is 1.83. The van der Waals surface area contributed by atoms with Crippen molar-refractivity contribution in [2.45, 2.75) is 0 Å². The average Bonchev–Trinajstić information content (AvgIpc) is 1.62. The highest BCUT2D eigenvalue weighted by Gasteiger charge is 1.95. The van der Waals surface area contributed by atoms with E-state index in [9.17, 15) is 0 Å². The molecule has 1 aliphatic heterocycles. The molecule has 0 N–H and O–H groups in total. The molecule has 0 saturated carbocycles. The minimum Gasteiger partial charge on any atom is -0.424 e. The summed E-state index contributed by atoms with van der Waals surface area (Å²) < 4.78 is 19.7. The van der Waals surface area contributed by atoms with Crippen LogP contribution in [0.25, 0.3) is 0 Å². The van der Waals surface area contributed by atoms with E-state index in [1.165, 1.54) is 0 Å². The first kappa shape index (κ1) is 6.39. The zero-order chi connectivity index (χ0) is 5.66. The predicted molar refractivity (Wildman–Crippen MR) is 31.2 cm³/mol. The molecule has 1 fully saturated rings. The van der Waals surface area contributed by atoms with Gasteiger partial charge in [-0.15, -0.1) is 0 Å². The zero-order valence-corrected chi connectivity index (χ0v) is 7.29. The molecule has 0 aliphatic carbocycles. The van der Waals surface area contributed by atoms with Gasteiger partial charge in [0.1, 0.15) is 13.6 Å². The Morgan fingerprint density at radius 1 is 1.00 bits per heavy atom. The molecular formula is C2H8O4Si2. The number of hydrogen-bond acceptors (Lipinski definition) is 4. The Morgan fingerprint density at radius 3 is 2.25 bits per heavy atom. The second kappa shape index (κ2) is 4.18. The van der Waals surface area contributed by atoms with Crippen molar-refractivity contribution in [3.05, 3.63) is 0 Å². The molecule has 0 aromatic carbocycles. The van der Waals surface area contributed by atoms with E-state index in [4.69, 9.17) is 17.7 Å². The maximum atomic E-state index is 5.03. The van der Waals surface area contributed by atoms with E-state index in [0.29, 0.717) is 13.6 Å². The van der Waals surface area contributed by atoms with Crippen LogP contribution in [0, 0.1) is 0 Å². The van der Waals surface area contributed by atoms with E-state index in [0.717, 1.165) is 0 Å². The normalized spacial score (nSPS) is 30.0. The third kappa shape index (κ3) is 2.55. The van der Waals surface area contributed by atoms with Crippen LogP contribution in [0.2, 0.25) is 0 Å². The highest BCUT2D eigenvalue weighted by atomic mass is 28.3. The zero-order valence-electron chi connectivity index (χ0n) is 4.46. The van der Waals surface area contributed by atoms with Crippen molar-refractivity contribution in [1.82, 2.24) is 0 Å². The van der Waals surface area contributed by atoms with E-state index in [-0.39, 0.29) is 0 Å². The monoisotopic (exact) mass is 152 g/mol. The van der Waals surface area contributed by atoms with Crippen LogP contribution in [-0.2, 0) is 17.7 Å². The van der Waals surface area contributed by atoms with Crippen LogP contribution in [0.3, 0.4) is 0 Å². The Bertz CT molecular complexity index is 36.0. The molecule has 0 aromatic rings. The van der Waals surface area contributed by atoms with Crippen molar-refractivity contribution in [3.8, 4) is 0 Å². The second-order valence-electron chi connectivity index (χ2n) is 1.29. The van der Waals surface area contributed by atoms with Gasteiger partial charge < -0.3 is 17.7 Å². The smallest absolute Gasteiger partial charge is 0.297 e. The number of hydrogen-bond donors (Lipinski definition) is 0. The number of ether oxygens (including phenoxy) is 1. The molecule has 1 saturated heterocycles. The molecule has 0 atom stereocenters. The first-order valence-corrected chi connectivity index (χ1v) is 4.62. The van der Waals surface area contributed by atoms with Crippen LogP contribution in [0.5, 0.6) is 0 Å². The SMILES string of the molecule is C1OCO[SiH2]O[SiH2]O1. The first-order chi connectivity index (χ1) is 4.00. The summed E-state index contributed by atoms with van der Waals surface area (Å²) in [5.41, 5.74) is 0. The van der Waals surface area contributed by atoms with Gasteiger partial charge in [0.05, 0.1) is 0 Å². The third-order valence-corrected chi connectivity index (χ3v) is 2.67. The van der Waals surface area contributed by atoms with Crippen LogP contribution >= 0.6 is 0 Å². The summed E-state index contributed by atoms with van der Waals surface area (Å²) in [6.45, 7) is 0.668. The predicted octanol–water partition coefficient (Wildman–Crippen LogP) is -2.02. The van der Waals surface area contributed by atoms with Crippen molar-refractivity contribution in [3.63, 3.8) is 0 Å². The lowest BCUT2D eigenvalue weighted by Crippen LogP contribution is -2.19. The molecule has 0 spiro atoms. The van der Waals surface area contributed by atoms with Crippen molar-refractivity contribution in [2.75, 3.05) is 13.6 Å². The largest absolute Gasteiger partial charge is 0.424 e. The van der Waals surface area contributed by atoms with E-state index >= 15 is 0 Å². The summed E-state index contributed by atoms with van der Waals surface area (Å²) in [7, 11) is -1.47. The summed E-state index contributed by atoms with van der Waals surface area (Å²) >= 11 is 0. The molecule has 8 heavy (non-hydrogen) atoms. The Labute approximate surface area is 52.2 Å². The minimum absolute atomic E-state index is 0.334. The topological polar surface area (TPSA) is 36.9 Å². The molecule has 0 aromatic heterocycles. The molecule has 0 bridgehead atoms. The Kier molecular flexibility index (Phi) is 3.34. The molecular weight excluding hydrogens is 144 g/mol. The quantitative estimate of drug-likeness (QED) is 0.375. The molecule has 0 unspecified atom stereocenters. The van der Waals surface area contributed by atoms with Gasteiger partial charge in [-0.3, -0.25) is 0 Å². The van der Waals surface area contributed by atoms with Gasteiger partial charge in [-0.25, -0.2) is 0 Å². The molecule has 4 nitrogen and oxygen atoms in total. The highest BCUT2D eigenvalue weighted by molar-refractivity contribution is 6.34. The fourth-order valence-electron chi connectivity index (χ4n) is 0.372. The summed E-state index contributed by atoms with van der Waals surface area (Å²) in [5.74, 6) is 0. The van der Waals surface area contributed by atoms with Crippen LogP contribution in [-0.4, -0.2) is 33.6 Å². The van der Waals surface area contributed by atoms with Gasteiger partial charge in [0, 0.05) is 0 Å². The van der Waals surface area contributed by atoms with Crippen molar-refractivity contribution < 1.29 is 17.7 Å². The maximum Gasteiger partial charge on any atom is 0.297 e. The van der Waals surface area contributed by atoms with Gasteiger partial charge in [-0.05, 0) is 0 Å². The van der Waals surface area contributed by atoms with Crippen molar-refractivity contribution >= 4 is 20.0 Å². The van der Waals surface area contributed by atoms with E-state index in [1.807, 2.05) is 0 Å². The maximum absolute atomic E-state index is 5.03. The third-order valence-electron chi connectivity index (χ3n) is 0.667. The molecule has 0 amide bonds. The van der Waals surface area contributed by atoms with Crippen molar-refractivity contribution in [2.24, 2.45) is 0 Å². The Morgan fingerprint density at radius 2 is 1.62 bits per heavy atom. The first-order valence-electron chi connectivity index (χ1n) is 2.31. The lowest BCUT2D eigenvalue weighted by atomic mass is 11.4. The fourth-order valence-corrected chi connectivity index (χ4v) is 1.96. The Hall–Kier alpha value is 0.274. The lowest BCUT2D eigenvalue weighted by molar-refractivity contribution is -0.0706. The minimum atomic E-state index is -0.737.